The summed E-state index contributed by atoms with van der Waals surface area (Å²) in [5.74, 6) is -0.526. The number of amides is 2. The zero-order valence-corrected chi connectivity index (χ0v) is 20.9. The molecule has 0 unspecified atom stereocenters. The van der Waals surface area contributed by atoms with Crippen LogP contribution in [0.4, 0.5) is 4.79 Å². The summed E-state index contributed by atoms with van der Waals surface area (Å²) in [6.45, 7) is 0.617. The molecule has 188 valence electrons. The fourth-order valence-electron chi connectivity index (χ4n) is 5.35. The number of fused-ring (bicyclic) bond motifs is 3. The van der Waals surface area contributed by atoms with Gasteiger partial charge in [0.1, 0.15) is 6.61 Å². The third-order valence-electron chi connectivity index (χ3n) is 7.31. The highest BCUT2D eigenvalue weighted by molar-refractivity contribution is 7.59. The molecule has 0 aromatic heterocycles. The van der Waals surface area contributed by atoms with Gasteiger partial charge in [-0.3, -0.25) is 9.59 Å². The van der Waals surface area contributed by atoms with E-state index >= 15 is 0 Å². The van der Waals surface area contributed by atoms with Crippen LogP contribution in [0, 0.1) is 5.41 Å². The van der Waals surface area contributed by atoms with E-state index in [0.717, 1.165) is 24.0 Å². The van der Waals surface area contributed by atoms with Crippen molar-refractivity contribution in [2.45, 2.75) is 56.9 Å². The number of carbonyl (C=O) groups is 3. The van der Waals surface area contributed by atoms with Crippen LogP contribution in [0.25, 0.3) is 11.1 Å². The molecule has 35 heavy (non-hydrogen) atoms. The summed E-state index contributed by atoms with van der Waals surface area (Å²) in [5, 5.41) is 2.75. The quantitative estimate of drug-likeness (QED) is 0.431. The first-order valence-corrected chi connectivity index (χ1v) is 12.1. The molecular formula is C27H35N3O4S. The predicted octanol–water partition coefficient (Wildman–Crippen LogP) is 3.75. The number of benzene rings is 2. The molecule has 2 amide bonds. The highest BCUT2D eigenvalue weighted by atomic mass is 32.1. The van der Waals surface area contributed by atoms with Crippen LogP contribution < -0.4 is 16.8 Å². The molecule has 5 N–H and O–H groups in total. The number of alkyl carbamates (subject to hydrolysis) is 1. The summed E-state index contributed by atoms with van der Waals surface area (Å²) in [4.78, 5) is 36.7. The second kappa shape index (κ2) is 11.7. The van der Waals surface area contributed by atoms with Gasteiger partial charge in [-0.15, -0.1) is 0 Å². The van der Waals surface area contributed by atoms with Crippen molar-refractivity contribution in [3.63, 3.8) is 0 Å². The SMILES string of the molecule is NC(=O)C1(CC(=O)[C@@H](N)CCCNC(=O)OCC2c3ccccc3-c3ccccc32)CCCC1.S. The van der Waals surface area contributed by atoms with E-state index in [1.807, 2.05) is 24.3 Å². The summed E-state index contributed by atoms with van der Waals surface area (Å²) < 4.78 is 5.52. The number of hydrogen-bond donors (Lipinski definition) is 3. The van der Waals surface area contributed by atoms with E-state index in [4.69, 9.17) is 16.2 Å². The number of hydrogen-bond acceptors (Lipinski definition) is 5. The van der Waals surface area contributed by atoms with Gasteiger partial charge in [-0.25, -0.2) is 4.79 Å². The Kier molecular flexibility index (Phi) is 8.97. The Balaban J connectivity index is 0.00000342. The minimum absolute atomic E-state index is 0. The fraction of sp³-hybridized carbons (Fsp3) is 0.444. The van der Waals surface area contributed by atoms with E-state index < -0.39 is 23.5 Å². The highest BCUT2D eigenvalue weighted by Crippen LogP contribution is 2.44. The highest BCUT2D eigenvalue weighted by Gasteiger charge is 2.42. The number of primary amides is 1. The molecule has 0 spiro atoms. The van der Waals surface area contributed by atoms with E-state index in [-0.39, 0.29) is 38.2 Å². The van der Waals surface area contributed by atoms with E-state index in [9.17, 15) is 14.4 Å². The Hall–Kier alpha value is -2.84. The van der Waals surface area contributed by atoms with Gasteiger partial charge >= 0.3 is 6.09 Å². The zero-order chi connectivity index (χ0) is 24.1. The van der Waals surface area contributed by atoms with Crippen molar-refractivity contribution in [3.05, 3.63) is 59.7 Å². The lowest BCUT2D eigenvalue weighted by Crippen LogP contribution is -2.41. The molecule has 2 aromatic rings. The lowest BCUT2D eigenvalue weighted by Gasteiger charge is -2.25. The van der Waals surface area contributed by atoms with Crippen LogP contribution in [0.3, 0.4) is 0 Å². The molecule has 7 nitrogen and oxygen atoms in total. The average Bonchev–Trinajstić information content (AvgIpc) is 3.44. The van der Waals surface area contributed by atoms with Crippen molar-refractivity contribution in [2.75, 3.05) is 13.2 Å². The summed E-state index contributed by atoms with van der Waals surface area (Å²) in [5.41, 5.74) is 15.6. The minimum atomic E-state index is -0.728. The van der Waals surface area contributed by atoms with Crippen molar-refractivity contribution in [2.24, 2.45) is 16.9 Å². The molecule has 0 aliphatic heterocycles. The van der Waals surface area contributed by atoms with E-state index in [2.05, 4.69) is 29.6 Å². The number of rotatable bonds is 10. The van der Waals surface area contributed by atoms with Gasteiger partial charge in [-0.1, -0.05) is 61.4 Å². The lowest BCUT2D eigenvalue weighted by atomic mass is 9.79. The number of carbonyl (C=O) groups excluding carboxylic acids is 3. The first-order chi connectivity index (χ1) is 16.4. The summed E-state index contributed by atoms with van der Waals surface area (Å²) in [6, 6.07) is 15.7. The van der Waals surface area contributed by atoms with Gasteiger partial charge in [0.05, 0.1) is 11.5 Å². The maximum absolute atomic E-state index is 12.5. The van der Waals surface area contributed by atoms with Crippen molar-refractivity contribution in [3.8, 4) is 11.1 Å². The lowest BCUT2D eigenvalue weighted by molar-refractivity contribution is -0.133. The summed E-state index contributed by atoms with van der Waals surface area (Å²) >= 11 is 0. The van der Waals surface area contributed by atoms with Crippen LogP contribution in [0.15, 0.2) is 48.5 Å². The van der Waals surface area contributed by atoms with Crippen molar-refractivity contribution >= 4 is 31.3 Å². The normalized spacial score (nSPS) is 16.5. The molecule has 2 aliphatic carbocycles. The molecular weight excluding hydrogens is 462 g/mol. The molecule has 2 aliphatic rings. The zero-order valence-electron chi connectivity index (χ0n) is 19.9. The number of nitrogens with one attached hydrogen (secondary N) is 1. The maximum Gasteiger partial charge on any atom is 0.407 e. The molecule has 8 heteroatoms. The van der Waals surface area contributed by atoms with Gasteiger partial charge in [-0.2, -0.15) is 13.5 Å². The van der Waals surface area contributed by atoms with E-state index in [1.165, 1.54) is 11.1 Å². The monoisotopic (exact) mass is 497 g/mol. The Morgan fingerprint density at radius 1 is 1.00 bits per heavy atom. The second-order valence-electron chi connectivity index (χ2n) is 9.50. The topological polar surface area (TPSA) is 125 Å². The van der Waals surface area contributed by atoms with Gasteiger partial charge in [0.15, 0.2) is 5.78 Å². The summed E-state index contributed by atoms with van der Waals surface area (Å²) in [7, 11) is 0. The standard InChI is InChI=1S/C27H33N3O4.H2S/c28-23(24(31)16-27(25(29)32)13-5-6-14-27)12-7-15-30-26(33)34-17-22-20-10-3-1-8-18(20)19-9-2-4-11-21(19)22;/h1-4,8-11,22-23H,5-7,12-17,28H2,(H2,29,32)(H,30,33);1H2/t23-;/m0./s1. The van der Waals surface area contributed by atoms with E-state index in [0.29, 0.717) is 32.2 Å². The van der Waals surface area contributed by atoms with E-state index in [1.54, 1.807) is 0 Å². The number of ketones is 1. The van der Waals surface area contributed by atoms with Crippen LogP contribution in [0.2, 0.25) is 0 Å². The van der Waals surface area contributed by atoms with Gasteiger partial charge in [0, 0.05) is 18.9 Å². The molecule has 0 saturated heterocycles. The van der Waals surface area contributed by atoms with Gasteiger partial charge in [-0.05, 0) is 47.9 Å². The Morgan fingerprint density at radius 3 is 2.14 bits per heavy atom. The average molecular weight is 498 g/mol. The molecule has 1 fully saturated rings. The summed E-state index contributed by atoms with van der Waals surface area (Å²) in [6.07, 6.45) is 3.74. The van der Waals surface area contributed by atoms with Gasteiger partial charge < -0.3 is 21.5 Å². The van der Waals surface area contributed by atoms with Crippen LogP contribution >= 0.6 is 13.5 Å². The Bertz CT molecular complexity index is 1020. The third-order valence-corrected chi connectivity index (χ3v) is 7.31. The molecule has 1 saturated carbocycles. The smallest absolute Gasteiger partial charge is 0.407 e. The van der Waals surface area contributed by atoms with Gasteiger partial charge in [0.25, 0.3) is 0 Å². The first kappa shape index (κ1) is 26.8. The van der Waals surface area contributed by atoms with Crippen LogP contribution in [0.5, 0.6) is 0 Å². The maximum atomic E-state index is 12.5. The third kappa shape index (κ3) is 5.87. The molecule has 0 radical (unpaired) electrons. The minimum Gasteiger partial charge on any atom is -0.449 e. The number of Topliss-reactive ketones (excluding diaryl/α,β-unsaturated/α-hetero) is 1. The molecule has 4 rings (SSSR count). The molecule has 2 aromatic carbocycles. The van der Waals surface area contributed by atoms with Crippen molar-refractivity contribution in [1.82, 2.24) is 5.32 Å². The molecule has 1 atom stereocenters. The Morgan fingerprint density at radius 2 is 1.57 bits per heavy atom. The van der Waals surface area contributed by atoms with Crippen LogP contribution in [0.1, 0.15) is 62.0 Å². The van der Waals surface area contributed by atoms with Crippen molar-refractivity contribution < 1.29 is 19.1 Å². The number of ether oxygens (including phenoxy) is 1. The van der Waals surface area contributed by atoms with Crippen LogP contribution in [-0.2, 0) is 14.3 Å². The van der Waals surface area contributed by atoms with Crippen LogP contribution in [-0.4, -0.2) is 37.0 Å². The van der Waals surface area contributed by atoms with Crippen molar-refractivity contribution in [1.29, 1.82) is 0 Å². The Labute approximate surface area is 213 Å². The fourth-order valence-corrected chi connectivity index (χ4v) is 5.35. The largest absolute Gasteiger partial charge is 0.449 e. The first-order valence-electron chi connectivity index (χ1n) is 12.1. The molecule has 0 heterocycles. The predicted molar refractivity (Wildman–Crippen MR) is 140 cm³/mol. The number of nitrogens with two attached hydrogens (primary N) is 2. The molecule has 0 bridgehead atoms. The second-order valence-corrected chi connectivity index (χ2v) is 9.50. The van der Waals surface area contributed by atoms with Gasteiger partial charge in [0.2, 0.25) is 5.91 Å².